The number of rotatable bonds is 3. The highest BCUT2D eigenvalue weighted by atomic mass is 19.1. The monoisotopic (exact) mass is 282 g/mol. The number of hydrogen-bond acceptors (Lipinski definition) is 2. The minimum absolute atomic E-state index is 0.0128. The van der Waals surface area contributed by atoms with E-state index >= 15 is 0 Å². The van der Waals surface area contributed by atoms with E-state index in [-0.39, 0.29) is 17.3 Å². The zero-order valence-electron chi connectivity index (χ0n) is 11.4. The average Bonchev–Trinajstić information content (AvgIpc) is 2.50. The van der Waals surface area contributed by atoms with E-state index in [1.807, 2.05) is 22.8 Å². The topological polar surface area (TPSA) is 48.0 Å². The molecule has 2 N–H and O–H groups in total. The van der Waals surface area contributed by atoms with Crippen molar-refractivity contribution in [1.82, 2.24) is 4.57 Å². The minimum Gasteiger partial charge on any atom is -0.345 e. The summed E-state index contributed by atoms with van der Waals surface area (Å²) < 4.78 is 15.2. The first-order valence-corrected chi connectivity index (χ1v) is 6.74. The lowest BCUT2D eigenvalue weighted by Gasteiger charge is -2.16. The number of halogens is 1. The van der Waals surface area contributed by atoms with Crippen LogP contribution < -0.4 is 11.2 Å². The smallest absolute Gasteiger partial charge is 0.189 e. The number of aromatic nitrogens is 1. The number of hydrogen-bond donors (Lipinski definition) is 1. The summed E-state index contributed by atoms with van der Waals surface area (Å²) in [6.07, 6.45) is 1.73. The van der Waals surface area contributed by atoms with Gasteiger partial charge in [0.15, 0.2) is 5.43 Å². The predicted octanol–water partition coefficient (Wildman–Crippen LogP) is 2.84. The largest absolute Gasteiger partial charge is 0.345 e. The molecule has 21 heavy (non-hydrogen) atoms. The van der Waals surface area contributed by atoms with Crippen molar-refractivity contribution in [3.63, 3.8) is 0 Å². The van der Waals surface area contributed by atoms with Crippen molar-refractivity contribution in [1.29, 1.82) is 0 Å². The fourth-order valence-corrected chi connectivity index (χ4v) is 2.47. The highest BCUT2D eigenvalue weighted by molar-refractivity contribution is 5.78. The van der Waals surface area contributed by atoms with E-state index in [2.05, 4.69) is 0 Å². The molecule has 0 saturated carbocycles. The first kappa shape index (κ1) is 13.5. The molecule has 0 amide bonds. The molecule has 3 aromatic rings. The van der Waals surface area contributed by atoms with Gasteiger partial charge in [-0.15, -0.1) is 0 Å². The zero-order chi connectivity index (χ0) is 14.8. The standard InChI is InChI=1S/C17H15FN2O/c18-13-5-3-4-12(10-13)15(19)11-20-9-8-17(21)14-6-1-2-7-16(14)20/h1-10,15H,11,19H2. The van der Waals surface area contributed by atoms with Gasteiger partial charge in [-0.3, -0.25) is 4.79 Å². The van der Waals surface area contributed by atoms with Crippen molar-refractivity contribution < 1.29 is 4.39 Å². The quantitative estimate of drug-likeness (QED) is 0.803. The van der Waals surface area contributed by atoms with Crippen LogP contribution in [0.3, 0.4) is 0 Å². The van der Waals surface area contributed by atoms with Crippen molar-refractivity contribution in [2.45, 2.75) is 12.6 Å². The second-order valence-corrected chi connectivity index (χ2v) is 5.01. The van der Waals surface area contributed by atoms with Gasteiger partial charge in [-0.25, -0.2) is 4.39 Å². The Balaban J connectivity index is 1.99. The Morgan fingerprint density at radius 1 is 1.10 bits per heavy atom. The molecule has 106 valence electrons. The molecule has 1 heterocycles. The molecule has 0 saturated heterocycles. The molecule has 0 aliphatic carbocycles. The number of fused-ring (bicyclic) bond motifs is 1. The summed E-state index contributed by atoms with van der Waals surface area (Å²) in [5, 5.41) is 0.659. The molecule has 0 fully saturated rings. The number of pyridine rings is 1. The van der Waals surface area contributed by atoms with Crippen LogP contribution in [0.4, 0.5) is 4.39 Å². The van der Waals surface area contributed by atoms with Crippen LogP contribution in [0.5, 0.6) is 0 Å². The first-order valence-electron chi connectivity index (χ1n) is 6.74. The maximum atomic E-state index is 13.3. The Morgan fingerprint density at radius 2 is 1.90 bits per heavy atom. The molecule has 4 heteroatoms. The number of nitrogens with two attached hydrogens (primary N) is 1. The lowest BCUT2D eigenvalue weighted by atomic mass is 10.1. The van der Waals surface area contributed by atoms with Gasteiger partial charge in [-0.2, -0.15) is 0 Å². The molecule has 0 aliphatic heterocycles. The highest BCUT2D eigenvalue weighted by Gasteiger charge is 2.09. The Hall–Kier alpha value is -2.46. The molecular formula is C17H15FN2O. The summed E-state index contributed by atoms with van der Waals surface area (Å²) in [5.41, 5.74) is 7.71. The van der Waals surface area contributed by atoms with Crippen LogP contribution in [-0.2, 0) is 6.54 Å². The summed E-state index contributed by atoms with van der Waals surface area (Å²) in [6, 6.07) is 14.9. The fraction of sp³-hybridized carbons (Fsp3) is 0.118. The maximum absolute atomic E-state index is 13.3. The summed E-state index contributed by atoms with van der Waals surface area (Å²) >= 11 is 0. The maximum Gasteiger partial charge on any atom is 0.189 e. The van der Waals surface area contributed by atoms with Gasteiger partial charge in [-0.1, -0.05) is 24.3 Å². The Kier molecular flexibility index (Phi) is 3.54. The van der Waals surface area contributed by atoms with Gasteiger partial charge in [0, 0.05) is 30.2 Å². The summed E-state index contributed by atoms with van der Waals surface area (Å²) in [7, 11) is 0. The van der Waals surface area contributed by atoms with E-state index < -0.39 is 0 Å². The second-order valence-electron chi connectivity index (χ2n) is 5.01. The van der Waals surface area contributed by atoms with E-state index in [0.29, 0.717) is 11.9 Å². The Bertz CT molecular complexity index is 841. The van der Waals surface area contributed by atoms with Crippen LogP contribution in [0.1, 0.15) is 11.6 Å². The normalized spacial score (nSPS) is 12.5. The highest BCUT2D eigenvalue weighted by Crippen LogP contribution is 2.17. The fourth-order valence-electron chi connectivity index (χ4n) is 2.47. The third-order valence-corrected chi connectivity index (χ3v) is 3.56. The van der Waals surface area contributed by atoms with Crippen LogP contribution >= 0.6 is 0 Å². The zero-order valence-corrected chi connectivity index (χ0v) is 11.4. The molecule has 0 spiro atoms. The first-order chi connectivity index (χ1) is 10.1. The van der Waals surface area contributed by atoms with Crippen molar-refractivity contribution >= 4 is 10.9 Å². The summed E-state index contributed by atoms with van der Waals surface area (Å²) in [6.45, 7) is 0.476. The third kappa shape index (κ3) is 2.71. The van der Waals surface area contributed by atoms with Crippen molar-refractivity contribution in [2.24, 2.45) is 5.73 Å². The van der Waals surface area contributed by atoms with Gasteiger partial charge in [0.2, 0.25) is 0 Å². The van der Waals surface area contributed by atoms with Crippen molar-refractivity contribution in [3.05, 3.63) is 82.4 Å². The molecule has 0 bridgehead atoms. The van der Waals surface area contributed by atoms with Gasteiger partial charge in [-0.05, 0) is 29.8 Å². The molecule has 3 rings (SSSR count). The molecule has 0 aliphatic rings. The van der Waals surface area contributed by atoms with Crippen LogP contribution in [0.25, 0.3) is 10.9 Å². The van der Waals surface area contributed by atoms with Gasteiger partial charge in [0.05, 0.1) is 5.52 Å². The minimum atomic E-state index is -0.341. The van der Waals surface area contributed by atoms with Crippen molar-refractivity contribution in [2.75, 3.05) is 0 Å². The van der Waals surface area contributed by atoms with Crippen LogP contribution in [0, 0.1) is 5.82 Å². The molecule has 3 nitrogen and oxygen atoms in total. The van der Waals surface area contributed by atoms with Crippen LogP contribution in [-0.4, -0.2) is 4.57 Å². The van der Waals surface area contributed by atoms with E-state index in [1.165, 1.54) is 18.2 Å². The van der Waals surface area contributed by atoms with E-state index in [4.69, 9.17) is 5.73 Å². The van der Waals surface area contributed by atoms with Crippen LogP contribution in [0.2, 0.25) is 0 Å². The lowest BCUT2D eigenvalue weighted by Crippen LogP contribution is -2.19. The van der Waals surface area contributed by atoms with Crippen molar-refractivity contribution in [3.8, 4) is 0 Å². The molecule has 0 radical (unpaired) electrons. The van der Waals surface area contributed by atoms with E-state index in [9.17, 15) is 9.18 Å². The SMILES string of the molecule is NC(Cn1ccc(=O)c2ccccc21)c1cccc(F)c1. The van der Waals surface area contributed by atoms with Gasteiger partial charge in [0.25, 0.3) is 0 Å². The third-order valence-electron chi connectivity index (χ3n) is 3.56. The Morgan fingerprint density at radius 3 is 2.71 bits per heavy atom. The molecular weight excluding hydrogens is 267 g/mol. The molecule has 1 atom stereocenters. The van der Waals surface area contributed by atoms with Gasteiger partial charge >= 0.3 is 0 Å². The summed E-state index contributed by atoms with van der Waals surface area (Å²) in [4.78, 5) is 11.8. The summed E-state index contributed by atoms with van der Waals surface area (Å²) in [5.74, 6) is -0.298. The predicted molar refractivity (Wildman–Crippen MR) is 81.5 cm³/mol. The molecule has 2 aromatic carbocycles. The van der Waals surface area contributed by atoms with E-state index in [0.717, 1.165) is 11.1 Å². The number of benzene rings is 2. The number of nitrogens with zero attached hydrogens (tertiary/aromatic N) is 1. The average molecular weight is 282 g/mol. The second kappa shape index (κ2) is 5.50. The number of para-hydroxylation sites is 1. The van der Waals surface area contributed by atoms with Gasteiger partial charge in [0.1, 0.15) is 5.82 Å². The Labute approximate surface area is 121 Å². The molecule has 1 aromatic heterocycles. The molecule has 1 unspecified atom stereocenters. The lowest BCUT2D eigenvalue weighted by molar-refractivity contribution is 0.577. The van der Waals surface area contributed by atoms with Gasteiger partial charge < -0.3 is 10.3 Å². The van der Waals surface area contributed by atoms with Crippen LogP contribution in [0.15, 0.2) is 65.6 Å². The van der Waals surface area contributed by atoms with E-state index in [1.54, 1.807) is 24.4 Å².